The predicted octanol–water partition coefficient (Wildman–Crippen LogP) is 5.57. The van der Waals surface area contributed by atoms with Gasteiger partial charge in [-0.15, -0.1) is 0 Å². The molecule has 4 heteroatoms. The summed E-state index contributed by atoms with van der Waals surface area (Å²) in [5.41, 5.74) is 6.60. The maximum absolute atomic E-state index is 13.6. The molecule has 1 saturated heterocycles. The van der Waals surface area contributed by atoms with E-state index < -0.39 is 0 Å². The van der Waals surface area contributed by atoms with Crippen LogP contribution in [0.3, 0.4) is 0 Å². The number of fused-ring (bicyclic) bond motifs is 2. The van der Waals surface area contributed by atoms with Crippen LogP contribution in [0.15, 0.2) is 78.9 Å². The van der Waals surface area contributed by atoms with E-state index in [1.54, 1.807) is 0 Å². The largest absolute Gasteiger partial charge is 0.376 e. The minimum absolute atomic E-state index is 0.103. The summed E-state index contributed by atoms with van der Waals surface area (Å²) >= 11 is 0. The van der Waals surface area contributed by atoms with Crippen LogP contribution in [0.25, 0.3) is 22.2 Å². The van der Waals surface area contributed by atoms with Crippen molar-refractivity contribution in [2.45, 2.75) is 25.0 Å². The van der Waals surface area contributed by atoms with E-state index >= 15 is 0 Å². The van der Waals surface area contributed by atoms with Crippen molar-refractivity contribution in [3.05, 3.63) is 95.6 Å². The summed E-state index contributed by atoms with van der Waals surface area (Å²) in [7, 11) is 2.13. The summed E-state index contributed by atoms with van der Waals surface area (Å²) in [6.45, 7) is 1.41. The number of rotatable bonds is 4. The number of carbonyl (C=O) groups excluding carboxylic acids is 1. The first-order valence-electron chi connectivity index (χ1n) is 11.4. The lowest BCUT2D eigenvalue weighted by Gasteiger charge is -2.29. The molecule has 160 valence electrons. The monoisotopic (exact) mass is 422 g/mol. The lowest BCUT2D eigenvalue weighted by Crippen LogP contribution is -2.36. The van der Waals surface area contributed by atoms with Crippen molar-refractivity contribution in [3.8, 4) is 11.3 Å². The van der Waals surface area contributed by atoms with Gasteiger partial charge in [-0.3, -0.25) is 4.79 Å². The van der Waals surface area contributed by atoms with Gasteiger partial charge in [0.15, 0.2) is 0 Å². The highest BCUT2D eigenvalue weighted by Gasteiger charge is 2.41. The van der Waals surface area contributed by atoms with Crippen LogP contribution in [-0.4, -0.2) is 34.6 Å². The smallest absolute Gasteiger partial charge is 0.255 e. The van der Waals surface area contributed by atoms with Crippen molar-refractivity contribution in [2.75, 3.05) is 13.2 Å². The quantitative estimate of drug-likeness (QED) is 0.431. The second-order valence-corrected chi connectivity index (χ2v) is 8.79. The van der Waals surface area contributed by atoms with Crippen molar-refractivity contribution < 1.29 is 9.53 Å². The Balaban J connectivity index is 1.62. The van der Waals surface area contributed by atoms with E-state index in [-0.39, 0.29) is 18.1 Å². The van der Waals surface area contributed by atoms with Crippen LogP contribution < -0.4 is 0 Å². The molecule has 3 heterocycles. The number of nitrogens with zero attached hydrogens (tertiary/aromatic N) is 2. The number of ether oxygens (including phenoxy) is 1. The Kier molecular flexibility index (Phi) is 4.62. The van der Waals surface area contributed by atoms with Gasteiger partial charge in [0.1, 0.15) is 0 Å². The fourth-order valence-corrected chi connectivity index (χ4v) is 5.52. The number of amides is 1. The number of benzene rings is 3. The van der Waals surface area contributed by atoms with Crippen molar-refractivity contribution >= 4 is 16.8 Å². The summed E-state index contributed by atoms with van der Waals surface area (Å²) in [6, 6.07) is 27.0. The molecule has 3 aromatic carbocycles. The van der Waals surface area contributed by atoms with Crippen molar-refractivity contribution in [1.29, 1.82) is 0 Å². The minimum Gasteiger partial charge on any atom is -0.376 e. The second-order valence-electron chi connectivity index (χ2n) is 8.79. The van der Waals surface area contributed by atoms with Gasteiger partial charge in [0.05, 0.1) is 17.8 Å². The van der Waals surface area contributed by atoms with Gasteiger partial charge < -0.3 is 14.2 Å². The summed E-state index contributed by atoms with van der Waals surface area (Å²) in [4.78, 5) is 15.7. The van der Waals surface area contributed by atoms with Crippen LogP contribution in [0.5, 0.6) is 0 Å². The summed E-state index contributed by atoms with van der Waals surface area (Å²) in [5.74, 6) is 0.105. The molecular weight excluding hydrogens is 396 g/mol. The highest BCUT2D eigenvalue weighted by Crippen LogP contribution is 2.46. The first kappa shape index (κ1) is 19.3. The van der Waals surface area contributed by atoms with Gasteiger partial charge in [-0.2, -0.15) is 0 Å². The predicted molar refractivity (Wildman–Crippen MR) is 127 cm³/mol. The molecule has 6 rings (SSSR count). The molecule has 0 spiro atoms. The third-order valence-electron chi connectivity index (χ3n) is 6.95. The van der Waals surface area contributed by atoms with E-state index in [0.29, 0.717) is 6.54 Å². The number of hydrogen-bond donors (Lipinski definition) is 0. The van der Waals surface area contributed by atoms with Crippen LogP contribution in [0, 0.1) is 0 Å². The van der Waals surface area contributed by atoms with Gasteiger partial charge in [0.2, 0.25) is 0 Å². The zero-order chi connectivity index (χ0) is 21.7. The van der Waals surface area contributed by atoms with Crippen LogP contribution in [0.2, 0.25) is 0 Å². The van der Waals surface area contributed by atoms with E-state index in [4.69, 9.17) is 4.74 Å². The number of aryl methyl sites for hydroxylation is 1. The molecule has 2 atom stereocenters. The molecule has 2 aliphatic heterocycles. The molecule has 0 radical (unpaired) electrons. The number of para-hydroxylation sites is 1. The Morgan fingerprint density at radius 2 is 1.69 bits per heavy atom. The molecule has 0 aliphatic carbocycles. The Labute approximate surface area is 188 Å². The Morgan fingerprint density at radius 1 is 0.938 bits per heavy atom. The van der Waals surface area contributed by atoms with Crippen molar-refractivity contribution in [3.63, 3.8) is 0 Å². The van der Waals surface area contributed by atoms with Gasteiger partial charge in [-0.25, -0.2) is 0 Å². The molecule has 0 saturated carbocycles. The Bertz CT molecular complexity index is 1300. The summed E-state index contributed by atoms with van der Waals surface area (Å²) in [5, 5.41) is 1.20. The van der Waals surface area contributed by atoms with Crippen LogP contribution in [-0.2, 0) is 11.8 Å². The average Bonchev–Trinajstić information content (AvgIpc) is 3.52. The van der Waals surface area contributed by atoms with E-state index in [1.807, 2.05) is 24.3 Å². The molecule has 0 N–H and O–H groups in total. The molecule has 1 aromatic heterocycles. The molecule has 2 unspecified atom stereocenters. The van der Waals surface area contributed by atoms with Gasteiger partial charge in [-0.05, 0) is 36.1 Å². The minimum atomic E-state index is -0.135. The van der Waals surface area contributed by atoms with Crippen molar-refractivity contribution in [2.24, 2.45) is 7.05 Å². The fraction of sp³-hybridized carbons (Fsp3) is 0.250. The zero-order valence-corrected chi connectivity index (χ0v) is 18.2. The lowest BCUT2D eigenvalue weighted by molar-refractivity contribution is 0.0501. The topological polar surface area (TPSA) is 34.5 Å². The fourth-order valence-electron chi connectivity index (χ4n) is 5.52. The third kappa shape index (κ3) is 2.90. The standard InChI is InChI=1S/C28H26N2O2/c1-29-24-16-8-7-15-23(24)25(26(29)19-10-3-2-4-11-19)27-21-13-5-6-14-22(21)28(31)30(27)18-20-12-9-17-32-20/h2-8,10-11,13-16,20,27H,9,12,17-18H2,1H3. The van der Waals surface area contributed by atoms with E-state index in [0.717, 1.165) is 36.1 Å². The number of aromatic nitrogens is 1. The molecule has 2 aliphatic rings. The van der Waals surface area contributed by atoms with Gasteiger partial charge in [0.25, 0.3) is 5.91 Å². The van der Waals surface area contributed by atoms with Gasteiger partial charge in [-0.1, -0.05) is 66.7 Å². The summed E-state index contributed by atoms with van der Waals surface area (Å²) < 4.78 is 8.23. The second kappa shape index (κ2) is 7.64. The SMILES string of the molecule is Cn1c(-c2ccccc2)c(C2c3ccccc3C(=O)N2CC2CCCO2)c2ccccc21. The van der Waals surface area contributed by atoms with Crippen LogP contribution in [0.1, 0.15) is 40.4 Å². The molecule has 0 bridgehead atoms. The van der Waals surface area contributed by atoms with Crippen molar-refractivity contribution in [1.82, 2.24) is 9.47 Å². The maximum atomic E-state index is 13.6. The Morgan fingerprint density at radius 3 is 2.50 bits per heavy atom. The first-order chi connectivity index (χ1) is 15.7. The highest BCUT2D eigenvalue weighted by molar-refractivity contribution is 6.02. The third-order valence-corrected chi connectivity index (χ3v) is 6.95. The van der Waals surface area contributed by atoms with Gasteiger partial charge >= 0.3 is 0 Å². The van der Waals surface area contributed by atoms with E-state index in [9.17, 15) is 4.79 Å². The molecule has 4 nitrogen and oxygen atoms in total. The molecule has 1 fully saturated rings. The molecule has 1 amide bonds. The zero-order valence-electron chi connectivity index (χ0n) is 18.2. The van der Waals surface area contributed by atoms with E-state index in [1.165, 1.54) is 22.2 Å². The molecule has 4 aromatic rings. The number of hydrogen-bond acceptors (Lipinski definition) is 2. The normalized spacial score (nSPS) is 20.3. The molecular formula is C28H26N2O2. The molecule has 32 heavy (non-hydrogen) atoms. The lowest BCUT2D eigenvalue weighted by atomic mass is 9.93. The highest BCUT2D eigenvalue weighted by atomic mass is 16.5. The van der Waals surface area contributed by atoms with E-state index in [2.05, 4.69) is 71.1 Å². The summed E-state index contributed by atoms with van der Waals surface area (Å²) in [6.07, 6.45) is 2.17. The first-order valence-corrected chi connectivity index (χ1v) is 11.4. The van der Waals surface area contributed by atoms with Gasteiger partial charge in [0, 0.05) is 42.2 Å². The van der Waals surface area contributed by atoms with Crippen LogP contribution in [0.4, 0.5) is 0 Å². The Hall–Kier alpha value is -3.37. The van der Waals surface area contributed by atoms with Crippen LogP contribution >= 0.6 is 0 Å². The number of carbonyl (C=O) groups is 1. The average molecular weight is 423 g/mol. The maximum Gasteiger partial charge on any atom is 0.255 e.